The molecule has 2 aliphatic heterocycles. The number of hydrogen-bond acceptors (Lipinski definition) is 5. The summed E-state index contributed by atoms with van der Waals surface area (Å²) in [6.07, 6.45) is 2.02. The van der Waals surface area contributed by atoms with E-state index in [1.807, 2.05) is 0 Å². The molecule has 0 saturated carbocycles. The third kappa shape index (κ3) is 4.19. The average molecular weight is 275 g/mol. The first-order valence-electron chi connectivity index (χ1n) is 6.90. The normalized spacial score (nSPS) is 29.6. The van der Waals surface area contributed by atoms with Crippen LogP contribution < -0.4 is 5.32 Å². The molecule has 1 unspecified atom stereocenters. The predicted molar refractivity (Wildman–Crippen MR) is 73.6 cm³/mol. The molecule has 1 atom stereocenters. The van der Waals surface area contributed by atoms with Gasteiger partial charge in [-0.25, -0.2) is 8.42 Å². The highest BCUT2D eigenvalue weighted by atomic mass is 32.2. The molecule has 2 aliphatic rings. The molecule has 0 aromatic carbocycles. The number of hydrogen-bond donors (Lipinski definition) is 1. The molecule has 5 nitrogen and oxygen atoms in total. The second-order valence-corrected chi connectivity index (χ2v) is 7.71. The Morgan fingerprint density at radius 1 is 1.33 bits per heavy atom. The van der Waals surface area contributed by atoms with Crippen molar-refractivity contribution in [3.63, 3.8) is 0 Å². The van der Waals surface area contributed by atoms with Gasteiger partial charge in [0.1, 0.15) is 0 Å². The van der Waals surface area contributed by atoms with Crippen LogP contribution in [0.4, 0.5) is 0 Å². The minimum Gasteiger partial charge on any atom is -0.315 e. The Morgan fingerprint density at radius 2 is 2.17 bits per heavy atom. The van der Waals surface area contributed by atoms with Crippen molar-refractivity contribution in [3.05, 3.63) is 0 Å². The van der Waals surface area contributed by atoms with Gasteiger partial charge in [0.15, 0.2) is 9.84 Å². The van der Waals surface area contributed by atoms with Gasteiger partial charge >= 0.3 is 0 Å². The van der Waals surface area contributed by atoms with Crippen LogP contribution in [0.15, 0.2) is 0 Å². The van der Waals surface area contributed by atoms with Gasteiger partial charge in [0.25, 0.3) is 0 Å². The van der Waals surface area contributed by atoms with Crippen LogP contribution in [0.5, 0.6) is 0 Å². The summed E-state index contributed by atoms with van der Waals surface area (Å²) in [5.41, 5.74) is 0. The molecule has 6 heteroatoms. The molecule has 0 aliphatic carbocycles. The monoisotopic (exact) mass is 275 g/mol. The molecule has 0 amide bonds. The highest BCUT2D eigenvalue weighted by Crippen LogP contribution is 2.16. The van der Waals surface area contributed by atoms with Gasteiger partial charge in [-0.05, 0) is 33.0 Å². The highest BCUT2D eigenvalue weighted by Gasteiger charge is 2.30. The molecular weight excluding hydrogens is 250 g/mol. The van der Waals surface area contributed by atoms with Crippen molar-refractivity contribution in [2.24, 2.45) is 0 Å². The van der Waals surface area contributed by atoms with E-state index < -0.39 is 9.84 Å². The van der Waals surface area contributed by atoms with E-state index >= 15 is 0 Å². The average Bonchev–Trinajstić information content (AvgIpc) is 2.55. The Labute approximate surface area is 110 Å². The van der Waals surface area contributed by atoms with Gasteiger partial charge in [-0.15, -0.1) is 0 Å². The smallest absolute Gasteiger partial charge is 0.151 e. The van der Waals surface area contributed by atoms with E-state index in [1.54, 1.807) is 0 Å². The number of rotatable bonds is 4. The fourth-order valence-electron chi connectivity index (χ4n) is 2.73. The van der Waals surface area contributed by atoms with Crippen LogP contribution >= 0.6 is 0 Å². The van der Waals surface area contributed by atoms with Crippen LogP contribution in [0.1, 0.15) is 12.8 Å². The first kappa shape index (κ1) is 14.2. The van der Waals surface area contributed by atoms with E-state index in [-0.39, 0.29) is 6.04 Å². The summed E-state index contributed by atoms with van der Waals surface area (Å²) in [6, 6.07) is 0.236. The lowest BCUT2D eigenvalue weighted by molar-refractivity contribution is 0.204. The van der Waals surface area contributed by atoms with Gasteiger partial charge < -0.3 is 15.1 Å². The van der Waals surface area contributed by atoms with E-state index in [0.717, 1.165) is 45.7 Å². The van der Waals surface area contributed by atoms with Gasteiger partial charge in [0.2, 0.25) is 0 Å². The van der Waals surface area contributed by atoms with Crippen molar-refractivity contribution in [1.82, 2.24) is 15.1 Å². The maximum absolute atomic E-state index is 11.5. The SMILES string of the molecule is CN(CCN1CCCNCC1)C1CCS(=O)(=O)C1. The lowest BCUT2D eigenvalue weighted by atomic mass is 10.2. The van der Waals surface area contributed by atoms with Gasteiger partial charge in [-0.1, -0.05) is 0 Å². The van der Waals surface area contributed by atoms with E-state index in [9.17, 15) is 8.42 Å². The Balaban J connectivity index is 1.72. The van der Waals surface area contributed by atoms with Gasteiger partial charge in [0.05, 0.1) is 11.5 Å². The zero-order valence-electron chi connectivity index (χ0n) is 11.3. The van der Waals surface area contributed by atoms with Gasteiger partial charge in [0, 0.05) is 32.2 Å². The van der Waals surface area contributed by atoms with Crippen LogP contribution in [0.3, 0.4) is 0 Å². The van der Waals surface area contributed by atoms with Gasteiger partial charge in [-0.3, -0.25) is 0 Å². The van der Waals surface area contributed by atoms with E-state index in [1.165, 1.54) is 6.42 Å². The molecule has 106 valence electrons. The van der Waals surface area contributed by atoms with E-state index in [0.29, 0.717) is 11.5 Å². The number of nitrogens with zero attached hydrogens (tertiary/aromatic N) is 2. The summed E-state index contributed by atoms with van der Waals surface area (Å²) in [7, 11) is -0.698. The molecule has 0 spiro atoms. The summed E-state index contributed by atoms with van der Waals surface area (Å²) >= 11 is 0. The number of likely N-dealkylation sites (N-methyl/N-ethyl adjacent to an activating group) is 1. The lowest BCUT2D eigenvalue weighted by Crippen LogP contribution is -2.40. The van der Waals surface area contributed by atoms with Crippen molar-refractivity contribution in [1.29, 1.82) is 0 Å². The fourth-order valence-corrected chi connectivity index (χ4v) is 4.54. The quantitative estimate of drug-likeness (QED) is 0.742. The maximum atomic E-state index is 11.5. The zero-order chi connectivity index (χ0) is 13.0. The molecule has 0 aromatic heterocycles. The zero-order valence-corrected chi connectivity index (χ0v) is 12.1. The molecule has 2 fully saturated rings. The molecule has 0 radical (unpaired) electrons. The Kier molecular flexibility index (Phi) is 5.00. The van der Waals surface area contributed by atoms with Crippen molar-refractivity contribution in [2.45, 2.75) is 18.9 Å². The Morgan fingerprint density at radius 3 is 2.89 bits per heavy atom. The van der Waals surface area contributed by atoms with Crippen LogP contribution in [-0.2, 0) is 9.84 Å². The lowest BCUT2D eigenvalue weighted by Gasteiger charge is -2.27. The molecule has 1 N–H and O–H groups in total. The topological polar surface area (TPSA) is 52.6 Å². The molecule has 2 rings (SSSR count). The second-order valence-electron chi connectivity index (χ2n) is 5.48. The molecular formula is C12H25N3O2S. The standard InChI is InChI=1S/C12H25N3O2S/c1-14(12-3-10-18(16,17)11-12)8-9-15-6-2-4-13-5-7-15/h12-13H,2-11H2,1H3. The fraction of sp³-hybridized carbons (Fsp3) is 1.00. The summed E-state index contributed by atoms with van der Waals surface area (Å²) in [4.78, 5) is 4.70. The minimum absolute atomic E-state index is 0.236. The van der Waals surface area contributed by atoms with Crippen molar-refractivity contribution < 1.29 is 8.42 Å². The summed E-state index contributed by atoms with van der Waals surface area (Å²) < 4.78 is 22.9. The molecule has 2 saturated heterocycles. The largest absolute Gasteiger partial charge is 0.315 e. The highest BCUT2D eigenvalue weighted by molar-refractivity contribution is 7.91. The first-order valence-corrected chi connectivity index (χ1v) is 8.73. The molecule has 0 aromatic rings. The van der Waals surface area contributed by atoms with Gasteiger partial charge in [-0.2, -0.15) is 0 Å². The van der Waals surface area contributed by atoms with Crippen LogP contribution in [0.25, 0.3) is 0 Å². The minimum atomic E-state index is -2.75. The van der Waals surface area contributed by atoms with Crippen LogP contribution in [0, 0.1) is 0 Å². The Hall–Kier alpha value is -0.170. The molecule has 18 heavy (non-hydrogen) atoms. The second kappa shape index (κ2) is 6.32. The van der Waals surface area contributed by atoms with Crippen molar-refractivity contribution in [3.8, 4) is 0 Å². The molecule has 0 bridgehead atoms. The first-order chi connectivity index (χ1) is 8.57. The number of nitrogens with one attached hydrogen (secondary N) is 1. The summed E-state index contributed by atoms with van der Waals surface area (Å²) in [5, 5.41) is 3.40. The van der Waals surface area contributed by atoms with Crippen LogP contribution in [-0.4, -0.2) is 82.1 Å². The third-order valence-corrected chi connectivity index (χ3v) is 5.78. The van der Waals surface area contributed by atoms with Crippen molar-refractivity contribution >= 4 is 9.84 Å². The summed E-state index contributed by atoms with van der Waals surface area (Å²) in [5.74, 6) is 0.723. The number of sulfone groups is 1. The maximum Gasteiger partial charge on any atom is 0.151 e. The van der Waals surface area contributed by atoms with Crippen molar-refractivity contribution in [2.75, 3.05) is 57.8 Å². The molecule has 2 heterocycles. The van der Waals surface area contributed by atoms with E-state index in [4.69, 9.17) is 0 Å². The third-order valence-electron chi connectivity index (χ3n) is 4.03. The summed E-state index contributed by atoms with van der Waals surface area (Å²) in [6.45, 7) is 6.48. The van der Waals surface area contributed by atoms with E-state index in [2.05, 4.69) is 22.2 Å². The van der Waals surface area contributed by atoms with Crippen LogP contribution in [0.2, 0.25) is 0 Å². The Bertz CT molecular complexity index is 350. The predicted octanol–water partition coefficient (Wildman–Crippen LogP) is -0.599.